The largest absolute Gasteiger partial charge is 0.330 e. The van der Waals surface area contributed by atoms with Crippen LogP contribution in [0.25, 0.3) is 10.4 Å². The highest BCUT2D eigenvalue weighted by Crippen LogP contribution is 2.03. The summed E-state index contributed by atoms with van der Waals surface area (Å²) in [6.45, 7) is 1.09. The smallest absolute Gasteiger partial charge is 0.0367 e. The van der Waals surface area contributed by atoms with Gasteiger partial charge in [-0.1, -0.05) is 29.1 Å². The minimum absolute atomic E-state index is 0.425. The van der Waals surface area contributed by atoms with Gasteiger partial charge < -0.3 is 5.73 Å². The lowest BCUT2D eigenvalue weighted by Crippen LogP contribution is -2.02. The van der Waals surface area contributed by atoms with Crippen molar-refractivity contribution in [3.8, 4) is 11.8 Å². The summed E-state index contributed by atoms with van der Waals surface area (Å²) >= 11 is 0. The third-order valence-corrected chi connectivity index (χ3v) is 2.02. The molecule has 0 atom stereocenters. The van der Waals surface area contributed by atoms with Crippen molar-refractivity contribution in [3.63, 3.8) is 0 Å². The highest BCUT2D eigenvalue weighted by atomic mass is 15.1. The SMILES string of the molecule is [N-]=[N+]=NCCC#Cc1ccc(CCN)cc1. The van der Waals surface area contributed by atoms with Crippen molar-refractivity contribution in [1.82, 2.24) is 0 Å². The fourth-order valence-electron chi connectivity index (χ4n) is 1.24. The van der Waals surface area contributed by atoms with E-state index in [2.05, 4.69) is 21.9 Å². The summed E-state index contributed by atoms with van der Waals surface area (Å²) in [5, 5.41) is 3.41. The van der Waals surface area contributed by atoms with Crippen molar-refractivity contribution >= 4 is 0 Å². The molecule has 0 saturated carbocycles. The molecule has 0 radical (unpaired) electrons. The van der Waals surface area contributed by atoms with Crippen LogP contribution in [0.1, 0.15) is 17.5 Å². The number of hydrogen-bond acceptors (Lipinski definition) is 2. The first-order valence-corrected chi connectivity index (χ1v) is 5.15. The molecular weight excluding hydrogens is 200 g/mol. The van der Waals surface area contributed by atoms with E-state index in [4.69, 9.17) is 11.3 Å². The van der Waals surface area contributed by atoms with Crippen LogP contribution in [0.2, 0.25) is 0 Å². The van der Waals surface area contributed by atoms with Crippen molar-refractivity contribution in [2.75, 3.05) is 13.1 Å². The summed E-state index contributed by atoms with van der Waals surface area (Å²) in [5.41, 5.74) is 15.7. The zero-order valence-corrected chi connectivity index (χ0v) is 9.06. The van der Waals surface area contributed by atoms with Crippen LogP contribution >= 0.6 is 0 Å². The van der Waals surface area contributed by atoms with E-state index in [1.807, 2.05) is 24.3 Å². The second-order valence-corrected chi connectivity index (χ2v) is 3.24. The Hall–Kier alpha value is -1.95. The lowest BCUT2D eigenvalue weighted by atomic mass is 10.1. The van der Waals surface area contributed by atoms with E-state index in [0.29, 0.717) is 19.5 Å². The van der Waals surface area contributed by atoms with Gasteiger partial charge in [0.2, 0.25) is 0 Å². The van der Waals surface area contributed by atoms with Crippen LogP contribution < -0.4 is 5.73 Å². The molecule has 82 valence electrons. The van der Waals surface area contributed by atoms with Crippen LogP contribution in [-0.2, 0) is 6.42 Å². The van der Waals surface area contributed by atoms with Gasteiger partial charge in [0, 0.05) is 23.4 Å². The Bertz CT molecular complexity index is 419. The Balaban J connectivity index is 2.50. The van der Waals surface area contributed by atoms with Gasteiger partial charge >= 0.3 is 0 Å². The van der Waals surface area contributed by atoms with E-state index in [-0.39, 0.29) is 0 Å². The molecular formula is C12H14N4. The van der Waals surface area contributed by atoms with Gasteiger partial charge in [-0.25, -0.2) is 0 Å². The van der Waals surface area contributed by atoms with E-state index in [0.717, 1.165) is 12.0 Å². The molecule has 0 amide bonds. The maximum absolute atomic E-state index is 8.06. The van der Waals surface area contributed by atoms with E-state index < -0.39 is 0 Å². The summed E-state index contributed by atoms with van der Waals surface area (Å²) in [6.07, 6.45) is 1.49. The molecule has 2 N–H and O–H groups in total. The number of benzene rings is 1. The predicted octanol–water partition coefficient (Wildman–Crippen LogP) is 2.24. The summed E-state index contributed by atoms with van der Waals surface area (Å²) in [6, 6.07) is 8.02. The van der Waals surface area contributed by atoms with Gasteiger partial charge in [0.1, 0.15) is 0 Å². The van der Waals surface area contributed by atoms with E-state index in [1.165, 1.54) is 5.56 Å². The lowest BCUT2D eigenvalue weighted by molar-refractivity contribution is 0.968. The third-order valence-electron chi connectivity index (χ3n) is 2.02. The highest BCUT2D eigenvalue weighted by Gasteiger charge is 1.90. The average Bonchev–Trinajstić information content (AvgIpc) is 2.31. The summed E-state index contributed by atoms with van der Waals surface area (Å²) < 4.78 is 0. The summed E-state index contributed by atoms with van der Waals surface area (Å²) in [4.78, 5) is 2.66. The predicted molar refractivity (Wildman–Crippen MR) is 64.7 cm³/mol. The topological polar surface area (TPSA) is 74.8 Å². The van der Waals surface area contributed by atoms with Gasteiger partial charge in [-0.2, -0.15) is 0 Å². The Labute approximate surface area is 95.1 Å². The van der Waals surface area contributed by atoms with Crippen LogP contribution in [0.15, 0.2) is 29.4 Å². The molecule has 0 saturated heterocycles. The molecule has 1 rings (SSSR count). The second-order valence-electron chi connectivity index (χ2n) is 3.24. The van der Waals surface area contributed by atoms with Crippen molar-refractivity contribution in [2.24, 2.45) is 10.8 Å². The van der Waals surface area contributed by atoms with E-state index >= 15 is 0 Å². The molecule has 0 spiro atoms. The summed E-state index contributed by atoms with van der Waals surface area (Å²) in [5.74, 6) is 5.96. The zero-order chi connectivity index (χ0) is 11.6. The molecule has 0 heterocycles. The number of nitrogens with zero attached hydrogens (tertiary/aromatic N) is 3. The molecule has 0 aliphatic rings. The number of azide groups is 1. The van der Waals surface area contributed by atoms with Crippen molar-refractivity contribution in [2.45, 2.75) is 12.8 Å². The molecule has 0 aliphatic carbocycles. The molecule has 1 aromatic rings. The van der Waals surface area contributed by atoms with Crippen molar-refractivity contribution in [3.05, 3.63) is 45.8 Å². The zero-order valence-electron chi connectivity index (χ0n) is 9.06. The molecule has 1 aromatic carbocycles. The fraction of sp³-hybridized carbons (Fsp3) is 0.333. The van der Waals surface area contributed by atoms with Crippen molar-refractivity contribution < 1.29 is 0 Å². The molecule has 0 bridgehead atoms. The van der Waals surface area contributed by atoms with Crippen LogP contribution in [0, 0.1) is 11.8 Å². The van der Waals surface area contributed by atoms with Crippen molar-refractivity contribution in [1.29, 1.82) is 0 Å². The molecule has 0 fully saturated rings. The molecule has 4 nitrogen and oxygen atoms in total. The van der Waals surface area contributed by atoms with E-state index in [1.54, 1.807) is 0 Å². The van der Waals surface area contributed by atoms with Gasteiger partial charge in [0.25, 0.3) is 0 Å². The third kappa shape index (κ3) is 4.52. The maximum Gasteiger partial charge on any atom is 0.0367 e. The first-order chi connectivity index (χ1) is 7.86. The van der Waals surface area contributed by atoms with Crippen LogP contribution in [0.5, 0.6) is 0 Å². The molecule has 0 unspecified atom stereocenters. The number of nitrogens with two attached hydrogens (primary N) is 1. The fourth-order valence-corrected chi connectivity index (χ4v) is 1.24. The van der Waals surface area contributed by atoms with Crippen LogP contribution in [-0.4, -0.2) is 13.1 Å². The van der Waals surface area contributed by atoms with Gasteiger partial charge in [0.15, 0.2) is 0 Å². The first-order valence-electron chi connectivity index (χ1n) is 5.15. The normalized spacial score (nSPS) is 8.81. The molecule has 4 heteroatoms. The average molecular weight is 214 g/mol. The number of hydrogen-bond donors (Lipinski definition) is 1. The monoisotopic (exact) mass is 214 g/mol. The van der Waals surface area contributed by atoms with Gasteiger partial charge in [-0.05, 0) is 36.2 Å². The van der Waals surface area contributed by atoms with Crippen LogP contribution in [0.4, 0.5) is 0 Å². The Morgan fingerprint density at radius 3 is 2.69 bits per heavy atom. The minimum atomic E-state index is 0.425. The van der Waals surface area contributed by atoms with Gasteiger partial charge in [-0.15, -0.1) is 0 Å². The Morgan fingerprint density at radius 2 is 2.06 bits per heavy atom. The quantitative estimate of drug-likeness (QED) is 0.269. The first kappa shape index (κ1) is 12.1. The Morgan fingerprint density at radius 1 is 1.31 bits per heavy atom. The second kappa shape index (κ2) is 7.36. The molecule has 0 aromatic heterocycles. The molecule has 0 aliphatic heterocycles. The highest BCUT2D eigenvalue weighted by molar-refractivity contribution is 5.36. The Kier molecular flexibility index (Phi) is 5.57. The minimum Gasteiger partial charge on any atom is -0.330 e. The van der Waals surface area contributed by atoms with Gasteiger partial charge in [0.05, 0.1) is 0 Å². The molecule has 16 heavy (non-hydrogen) atoms. The standard InChI is InChI=1S/C12H14N4/c13-9-8-12-6-4-11(5-7-12)3-1-2-10-15-16-14/h4-7H,2,8-10,13H2. The number of rotatable bonds is 4. The lowest BCUT2D eigenvalue weighted by Gasteiger charge is -1.97. The van der Waals surface area contributed by atoms with Gasteiger partial charge in [-0.3, -0.25) is 0 Å². The van der Waals surface area contributed by atoms with Crippen LogP contribution in [0.3, 0.4) is 0 Å². The summed E-state index contributed by atoms with van der Waals surface area (Å²) in [7, 11) is 0. The maximum atomic E-state index is 8.06. The van der Waals surface area contributed by atoms with E-state index in [9.17, 15) is 0 Å².